The molecule has 0 spiro atoms. The molecule has 3 aromatic rings. The molecule has 11 atom stereocenters. The van der Waals surface area contributed by atoms with E-state index in [0.29, 0.717) is 52.6 Å². The SMILES string of the molecule is CCC(C)(C)C(=O)C1CC2CCC1CC2.CCC(C)(C)C(=O)OC12CC3CC(CC(C3)C1)C2.CCC(C)(C)C(=O)OC1CC2CC1C1C3CCC(C3)C21.CCC(C)(C)C(=O)OCCO.CCC(C)c1ccc(O)cc1.CCC(C)c1ccc(O)cc1.CCC(C)c1ccc(O)cc1. The molecule has 4 N–H and O–H groups in total. The Labute approximate surface area is 589 Å². The molecule has 11 nitrogen and oxygen atoms in total. The average molecular weight is 1350 g/mol. The number of Topliss-reactive ketones (excluding diaryl/α,β-unsaturated/α-hetero) is 1. The Balaban J connectivity index is 0.000000182. The Kier molecular flexibility index (Phi) is 30.2. The minimum atomic E-state index is -0.421. The van der Waals surface area contributed by atoms with Gasteiger partial charge in [0.05, 0.1) is 22.9 Å². The number of benzene rings is 3. The third kappa shape index (κ3) is 21.8. The number of carbonyl (C=O) groups is 4. The number of phenolic OH excluding ortho intramolecular Hbond substituents is 3. The normalized spacial score (nSPS) is 29.0. The number of fused-ring (bicyclic) bond motifs is 12. The minimum absolute atomic E-state index is 0.0342. The maximum absolute atomic E-state index is 12.4. The topological polar surface area (TPSA) is 177 Å². The van der Waals surface area contributed by atoms with Crippen LogP contribution in [0.4, 0.5) is 0 Å². The highest BCUT2D eigenvalue weighted by Crippen LogP contribution is 2.68. The van der Waals surface area contributed by atoms with Crippen LogP contribution in [-0.4, -0.2) is 69.0 Å². The van der Waals surface area contributed by atoms with Gasteiger partial charge in [0.15, 0.2) is 0 Å². The smallest absolute Gasteiger partial charge is 0.312 e. The lowest BCUT2D eigenvalue weighted by Gasteiger charge is -2.56. The molecule has 11 fully saturated rings. The fourth-order valence-corrected chi connectivity index (χ4v) is 17.7. The van der Waals surface area contributed by atoms with Gasteiger partial charge >= 0.3 is 17.9 Å². The fraction of sp³-hybridized carbons (Fsp3) is 0.744. The van der Waals surface area contributed by atoms with Crippen molar-refractivity contribution >= 4 is 23.7 Å². The molecule has 546 valence electrons. The number of esters is 3. The van der Waals surface area contributed by atoms with Crippen molar-refractivity contribution in [3.8, 4) is 17.2 Å². The molecule has 11 aliphatic carbocycles. The van der Waals surface area contributed by atoms with Crippen molar-refractivity contribution < 1.29 is 53.8 Å². The molecule has 11 aliphatic rings. The van der Waals surface area contributed by atoms with Crippen LogP contribution in [0.5, 0.6) is 17.2 Å². The largest absolute Gasteiger partial charge is 0.508 e. The van der Waals surface area contributed by atoms with E-state index in [9.17, 15) is 19.2 Å². The van der Waals surface area contributed by atoms with Crippen LogP contribution in [0, 0.1) is 92.7 Å². The van der Waals surface area contributed by atoms with E-state index >= 15 is 0 Å². The monoisotopic (exact) mass is 1350 g/mol. The quantitative estimate of drug-likeness (QED) is 0.0510. The first-order valence-electron chi connectivity index (χ1n) is 38.9. The molecule has 3 aromatic carbocycles. The molecular weight excluding hydrogens is 1210 g/mol. The van der Waals surface area contributed by atoms with Crippen molar-refractivity contribution in [2.75, 3.05) is 13.2 Å². The molecule has 11 heteroatoms. The zero-order valence-electron chi connectivity index (χ0n) is 64.0. The first kappa shape index (κ1) is 81.1. The van der Waals surface area contributed by atoms with E-state index in [-0.39, 0.29) is 59.1 Å². The van der Waals surface area contributed by atoms with E-state index in [4.69, 9.17) is 34.6 Å². The lowest BCUT2D eigenvalue weighted by Crippen LogP contribution is -2.53. The number of aliphatic hydroxyl groups is 1. The summed E-state index contributed by atoms with van der Waals surface area (Å²) in [6.45, 7) is 37.2. The van der Waals surface area contributed by atoms with Gasteiger partial charge in [0, 0.05) is 11.3 Å². The second kappa shape index (κ2) is 36.1. The minimum Gasteiger partial charge on any atom is -0.508 e. The highest BCUT2D eigenvalue weighted by Gasteiger charge is 2.63. The number of carbonyl (C=O) groups excluding carboxylic acids is 4. The Morgan fingerprint density at radius 2 is 0.825 bits per heavy atom. The molecule has 11 unspecified atom stereocenters. The molecule has 11 saturated carbocycles. The Bertz CT molecular complexity index is 2720. The van der Waals surface area contributed by atoms with Gasteiger partial charge in [0.25, 0.3) is 0 Å². The molecular formula is C86H136O11. The lowest BCUT2D eigenvalue weighted by atomic mass is 9.54. The number of ketones is 1. The first-order chi connectivity index (χ1) is 45.7. The summed E-state index contributed by atoms with van der Waals surface area (Å²) in [5.41, 5.74) is 2.69. The molecule has 97 heavy (non-hydrogen) atoms. The van der Waals surface area contributed by atoms with Crippen LogP contribution < -0.4 is 0 Å². The van der Waals surface area contributed by atoms with E-state index in [1.807, 2.05) is 84.9 Å². The summed E-state index contributed by atoms with van der Waals surface area (Å²) in [5.74, 6) is 13.2. The van der Waals surface area contributed by atoms with Crippen molar-refractivity contribution in [1.82, 2.24) is 0 Å². The van der Waals surface area contributed by atoms with Gasteiger partial charge in [0.2, 0.25) is 0 Å². The third-order valence-electron chi connectivity index (χ3n) is 26.0. The summed E-state index contributed by atoms with van der Waals surface area (Å²) in [5, 5.41) is 35.4. The number of hydrogen-bond donors (Lipinski definition) is 4. The van der Waals surface area contributed by atoms with E-state index in [1.165, 1.54) is 100 Å². The summed E-state index contributed by atoms with van der Waals surface area (Å²) in [6.07, 6.45) is 28.3. The van der Waals surface area contributed by atoms with Crippen molar-refractivity contribution in [2.24, 2.45) is 92.7 Å². The second-order valence-corrected chi connectivity index (χ2v) is 34.3. The third-order valence-corrected chi connectivity index (χ3v) is 26.0. The van der Waals surface area contributed by atoms with Gasteiger partial charge in [-0.2, -0.15) is 0 Å². The number of hydrogen-bond acceptors (Lipinski definition) is 11. The summed E-state index contributed by atoms with van der Waals surface area (Å²) < 4.78 is 16.8. The van der Waals surface area contributed by atoms with Gasteiger partial charge in [0.1, 0.15) is 41.3 Å². The summed E-state index contributed by atoms with van der Waals surface area (Å²) in [6, 6.07) is 22.3. The van der Waals surface area contributed by atoms with E-state index in [1.54, 1.807) is 36.4 Å². The highest BCUT2D eigenvalue weighted by molar-refractivity contribution is 5.86. The molecule has 14 rings (SSSR count). The number of aromatic hydroxyl groups is 3. The van der Waals surface area contributed by atoms with Crippen LogP contribution in [0.1, 0.15) is 307 Å². The number of rotatable bonds is 19. The molecule has 0 saturated heterocycles. The summed E-state index contributed by atoms with van der Waals surface area (Å²) in [4.78, 5) is 48.3. The van der Waals surface area contributed by atoms with Gasteiger partial charge < -0.3 is 34.6 Å². The van der Waals surface area contributed by atoms with E-state index in [0.717, 1.165) is 123 Å². The van der Waals surface area contributed by atoms with Crippen LogP contribution in [-0.2, 0) is 33.4 Å². The van der Waals surface area contributed by atoms with Gasteiger partial charge in [-0.3, -0.25) is 19.2 Å². The molecule has 0 aromatic heterocycles. The Morgan fingerprint density at radius 1 is 0.443 bits per heavy atom. The summed E-state index contributed by atoms with van der Waals surface area (Å²) in [7, 11) is 0. The first-order valence-corrected chi connectivity index (χ1v) is 38.9. The van der Waals surface area contributed by atoms with Crippen LogP contribution in [0.25, 0.3) is 0 Å². The highest BCUT2D eigenvalue weighted by atomic mass is 16.6. The van der Waals surface area contributed by atoms with Gasteiger partial charge in [-0.25, -0.2) is 0 Å². The van der Waals surface area contributed by atoms with Gasteiger partial charge in [-0.15, -0.1) is 0 Å². The average Bonchev–Trinajstić information content (AvgIpc) is 1.43. The van der Waals surface area contributed by atoms with Crippen molar-refractivity contribution in [2.45, 2.75) is 302 Å². The van der Waals surface area contributed by atoms with Crippen molar-refractivity contribution in [3.63, 3.8) is 0 Å². The number of phenols is 3. The van der Waals surface area contributed by atoms with Crippen LogP contribution in [0.2, 0.25) is 0 Å². The van der Waals surface area contributed by atoms with Crippen molar-refractivity contribution in [1.29, 1.82) is 0 Å². The molecule has 0 amide bonds. The van der Waals surface area contributed by atoms with E-state index in [2.05, 4.69) is 76.2 Å². The number of ether oxygens (including phenoxy) is 3. The number of aliphatic hydroxyl groups excluding tert-OH is 1. The van der Waals surface area contributed by atoms with Gasteiger partial charge in [-0.1, -0.05) is 132 Å². The Morgan fingerprint density at radius 3 is 1.20 bits per heavy atom. The Hall–Kier alpha value is -4.90. The standard InChI is InChI=1S/C18H28O2.C16H26O2.C14H24O.3C10H14O.C8H16O3/c1-4-18(2,3)17(19)20-14-9-12-8-13(14)16-11-6-5-10(7-11)15(12)16;1-4-15(2,3)14(17)18-16-8-11-5-12(9-16)7-13(6-11)10-16;1-4-14(2,3)13(15)12-9-10-5-7-11(12)8-6-10;3*1-3-8(2)9-4-6-10(11)7-5-9;1-4-8(2,3)7(10)11-6-5-9/h10-16H,4-9H2,1-3H3;11-13H,4-10H2,1-3H3;10-12H,4-9H2,1-3H3;3*4-8,11H,3H2,1-2H3;9H,4-6H2,1-3H3. The molecule has 0 aliphatic heterocycles. The van der Waals surface area contributed by atoms with Gasteiger partial charge in [-0.05, 0) is 312 Å². The predicted molar refractivity (Wildman–Crippen MR) is 394 cm³/mol. The lowest BCUT2D eigenvalue weighted by molar-refractivity contribution is -0.196. The van der Waals surface area contributed by atoms with Crippen LogP contribution in [0.3, 0.4) is 0 Å². The molecule has 10 bridgehead atoms. The van der Waals surface area contributed by atoms with E-state index < -0.39 is 5.41 Å². The zero-order valence-corrected chi connectivity index (χ0v) is 64.0. The molecule has 0 heterocycles. The second-order valence-electron chi connectivity index (χ2n) is 34.3. The zero-order chi connectivity index (χ0) is 71.8. The van der Waals surface area contributed by atoms with Crippen LogP contribution >= 0.6 is 0 Å². The van der Waals surface area contributed by atoms with Crippen LogP contribution in [0.15, 0.2) is 72.8 Å². The molecule has 0 radical (unpaired) electrons. The fourth-order valence-electron chi connectivity index (χ4n) is 17.7. The maximum Gasteiger partial charge on any atom is 0.312 e. The summed E-state index contributed by atoms with van der Waals surface area (Å²) >= 11 is 0. The van der Waals surface area contributed by atoms with Crippen molar-refractivity contribution in [3.05, 3.63) is 89.5 Å². The maximum atomic E-state index is 12.4. The predicted octanol–water partition coefficient (Wildman–Crippen LogP) is 21.5.